The second kappa shape index (κ2) is 7.42. The summed E-state index contributed by atoms with van der Waals surface area (Å²) < 4.78 is 5.21. The molecule has 1 amide bonds. The van der Waals surface area contributed by atoms with Gasteiger partial charge in [0.05, 0.1) is 15.6 Å². The number of benzene rings is 2. The third-order valence-corrected chi connectivity index (χ3v) is 3.86. The van der Waals surface area contributed by atoms with Crippen LogP contribution in [-0.4, -0.2) is 16.9 Å². The van der Waals surface area contributed by atoms with E-state index in [4.69, 9.17) is 27.9 Å². The van der Waals surface area contributed by atoms with E-state index in [0.717, 1.165) is 0 Å². The first kappa shape index (κ1) is 17.1. The van der Waals surface area contributed by atoms with E-state index in [-0.39, 0.29) is 11.6 Å². The third-order valence-electron chi connectivity index (χ3n) is 3.31. The molecule has 7 heteroatoms. The van der Waals surface area contributed by atoms with Gasteiger partial charge in [-0.25, -0.2) is 4.79 Å². The Morgan fingerprint density at radius 3 is 2.36 bits per heavy atom. The van der Waals surface area contributed by atoms with Crippen molar-refractivity contribution in [3.05, 3.63) is 82.1 Å². The van der Waals surface area contributed by atoms with Gasteiger partial charge in [-0.05, 0) is 42.5 Å². The van der Waals surface area contributed by atoms with E-state index in [2.05, 4.69) is 10.3 Å². The molecule has 3 aromatic rings. The van der Waals surface area contributed by atoms with Crippen LogP contribution in [-0.2, 0) is 0 Å². The topological polar surface area (TPSA) is 71.2 Å². The number of hydrogen-bond acceptors (Lipinski definition) is 3. The van der Waals surface area contributed by atoms with Crippen LogP contribution < -0.4 is 10.1 Å². The molecule has 0 fully saturated rings. The van der Waals surface area contributed by atoms with Gasteiger partial charge < -0.3 is 15.0 Å². The van der Waals surface area contributed by atoms with Crippen LogP contribution in [0.15, 0.2) is 60.8 Å². The average Bonchev–Trinajstić information content (AvgIpc) is 3.03. The molecule has 0 saturated carbocycles. The number of carbonyl (C=O) groups excluding carboxylic acids is 2. The number of hydrogen-bond donors (Lipinski definition) is 2. The highest BCUT2D eigenvalue weighted by molar-refractivity contribution is 6.34. The van der Waals surface area contributed by atoms with E-state index in [1.54, 1.807) is 48.5 Å². The monoisotopic (exact) mass is 374 g/mol. The predicted octanol–water partition coefficient (Wildman–Crippen LogP) is 4.79. The van der Waals surface area contributed by atoms with Crippen molar-refractivity contribution in [2.45, 2.75) is 0 Å². The van der Waals surface area contributed by atoms with Gasteiger partial charge in [-0.3, -0.25) is 4.79 Å². The molecule has 0 spiro atoms. The number of esters is 1. The van der Waals surface area contributed by atoms with E-state index in [1.165, 1.54) is 12.3 Å². The van der Waals surface area contributed by atoms with Crippen molar-refractivity contribution in [1.82, 2.24) is 4.98 Å². The maximum Gasteiger partial charge on any atom is 0.360 e. The summed E-state index contributed by atoms with van der Waals surface area (Å²) in [6, 6.07) is 14.6. The highest BCUT2D eigenvalue weighted by atomic mass is 35.5. The molecule has 2 aromatic carbocycles. The minimum Gasteiger partial charge on any atom is -0.422 e. The van der Waals surface area contributed by atoms with Crippen LogP contribution in [0.4, 0.5) is 5.69 Å². The van der Waals surface area contributed by atoms with Gasteiger partial charge in [0.2, 0.25) is 0 Å². The number of aromatic amines is 1. The lowest BCUT2D eigenvalue weighted by Gasteiger charge is -2.08. The number of halogens is 2. The fourth-order valence-corrected chi connectivity index (χ4v) is 2.48. The molecule has 0 aliphatic rings. The Morgan fingerprint density at radius 2 is 1.72 bits per heavy atom. The predicted molar refractivity (Wildman–Crippen MR) is 96.6 cm³/mol. The second-order valence-electron chi connectivity index (χ2n) is 5.08. The van der Waals surface area contributed by atoms with Gasteiger partial charge in [0.25, 0.3) is 5.91 Å². The number of nitrogens with one attached hydrogen (secondary N) is 2. The summed E-state index contributed by atoms with van der Waals surface area (Å²) in [5, 5.41) is 3.52. The molecule has 5 nitrogen and oxygen atoms in total. The van der Waals surface area contributed by atoms with Crippen LogP contribution in [0.1, 0.15) is 20.8 Å². The van der Waals surface area contributed by atoms with Crippen LogP contribution in [0, 0.1) is 0 Å². The van der Waals surface area contributed by atoms with Gasteiger partial charge in [-0.1, -0.05) is 35.3 Å². The molecule has 0 saturated heterocycles. The summed E-state index contributed by atoms with van der Waals surface area (Å²) in [7, 11) is 0. The zero-order valence-corrected chi connectivity index (χ0v) is 14.3. The summed E-state index contributed by atoms with van der Waals surface area (Å²) in [5.41, 5.74) is 1.18. The Hall–Kier alpha value is -2.76. The highest BCUT2D eigenvalue weighted by Crippen LogP contribution is 2.20. The highest BCUT2D eigenvalue weighted by Gasteiger charge is 2.12. The van der Waals surface area contributed by atoms with Crippen LogP contribution in [0.25, 0.3) is 0 Å². The normalized spacial score (nSPS) is 10.3. The number of carbonyl (C=O) groups is 2. The average molecular weight is 375 g/mol. The molecule has 0 bridgehead atoms. The van der Waals surface area contributed by atoms with Crippen molar-refractivity contribution >= 4 is 40.8 Å². The number of aromatic nitrogens is 1. The number of amides is 1. The largest absolute Gasteiger partial charge is 0.422 e. The molecular weight excluding hydrogens is 363 g/mol. The molecule has 0 unspecified atom stereocenters. The second-order valence-corrected chi connectivity index (χ2v) is 5.92. The standard InChI is InChI=1S/C18H12Cl2N2O3/c19-11-9-16(21-10-11)18(24)25-13-7-5-12(6-8-13)22-17(23)14-3-1-2-4-15(14)20/h1-10,21H,(H,22,23). The fraction of sp³-hybridized carbons (Fsp3) is 0. The van der Waals surface area contributed by atoms with Gasteiger partial charge in [-0.15, -0.1) is 0 Å². The Morgan fingerprint density at radius 1 is 1.00 bits per heavy atom. The lowest BCUT2D eigenvalue weighted by Crippen LogP contribution is -2.12. The molecule has 1 aromatic heterocycles. The fourth-order valence-electron chi connectivity index (χ4n) is 2.10. The molecule has 1 heterocycles. The van der Waals surface area contributed by atoms with Crippen molar-refractivity contribution in [2.24, 2.45) is 0 Å². The minimum atomic E-state index is -0.556. The summed E-state index contributed by atoms with van der Waals surface area (Å²) in [4.78, 5) is 26.8. The molecule has 3 rings (SSSR count). The molecule has 0 aliphatic carbocycles. The SMILES string of the molecule is O=C(Oc1ccc(NC(=O)c2ccccc2Cl)cc1)c1cc(Cl)c[nH]1. The van der Waals surface area contributed by atoms with Crippen molar-refractivity contribution in [3.8, 4) is 5.75 Å². The Bertz CT molecular complexity index is 920. The van der Waals surface area contributed by atoms with Gasteiger partial charge in [0, 0.05) is 11.9 Å². The summed E-state index contributed by atoms with van der Waals surface area (Å²) in [6.07, 6.45) is 1.49. The van der Waals surface area contributed by atoms with Gasteiger partial charge >= 0.3 is 5.97 Å². The summed E-state index contributed by atoms with van der Waals surface area (Å²) >= 11 is 11.7. The maximum atomic E-state index is 12.2. The number of ether oxygens (including phenoxy) is 1. The Kier molecular flexibility index (Phi) is 5.07. The van der Waals surface area contributed by atoms with E-state index < -0.39 is 5.97 Å². The molecule has 2 N–H and O–H groups in total. The number of anilines is 1. The molecule has 25 heavy (non-hydrogen) atoms. The van der Waals surface area contributed by atoms with Crippen LogP contribution >= 0.6 is 23.2 Å². The number of H-pyrrole nitrogens is 1. The summed E-state index contributed by atoms with van der Waals surface area (Å²) in [5.74, 6) is -0.539. The molecule has 0 atom stereocenters. The summed E-state index contributed by atoms with van der Waals surface area (Å²) in [6.45, 7) is 0. The van der Waals surface area contributed by atoms with E-state index >= 15 is 0 Å². The Balaban J connectivity index is 1.65. The first-order valence-electron chi connectivity index (χ1n) is 7.25. The van der Waals surface area contributed by atoms with Gasteiger partial charge in [0.15, 0.2) is 0 Å². The molecule has 0 radical (unpaired) electrons. The van der Waals surface area contributed by atoms with Crippen molar-refractivity contribution in [3.63, 3.8) is 0 Å². The first-order chi connectivity index (χ1) is 12.0. The van der Waals surface area contributed by atoms with Crippen LogP contribution in [0.2, 0.25) is 10.0 Å². The van der Waals surface area contributed by atoms with Crippen molar-refractivity contribution in [1.29, 1.82) is 0 Å². The third kappa shape index (κ3) is 4.21. The van der Waals surface area contributed by atoms with Crippen LogP contribution in [0.3, 0.4) is 0 Å². The lowest BCUT2D eigenvalue weighted by atomic mass is 10.2. The van der Waals surface area contributed by atoms with Gasteiger partial charge in [0.1, 0.15) is 11.4 Å². The maximum absolute atomic E-state index is 12.2. The molecule has 126 valence electrons. The zero-order valence-electron chi connectivity index (χ0n) is 12.8. The van der Waals surface area contributed by atoms with Gasteiger partial charge in [-0.2, -0.15) is 0 Å². The van der Waals surface area contributed by atoms with Crippen LogP contribution in [0.5, 0.6) is 5.75 Å². The molecular formula is C18H12Cl2N2O3. The zero-order chi connectivity index (χ0) is 17.8. The van der Waals surface area contributed by atoms with E-state index in [0.29, 0.717) is 27.0 Å². The van der Waals surface area contributed by atoms with E-state index in [9.17, 15) is 9.59 Å². The Labute approximate surface area is 153 Å². The quantitative estimate of drug-likeness (QED) is 0.509. The molecule has 0 aliphatic heterocycles. The lowest BCUT2D eigenvalue weighted by molar-refractivity contribution is 0.0729. The van der Waals surface area contributed by atoms with E-state index in [1.807, 2.05) is 0 Å². The smallest absolute Gasteiger partial charge is 0.360 e. The number of rotatable bonds is 4. The minimum absolute atomic E-state index is 0.251. The van der Waals surface area contributed by atoms with Crippen molar-refractivity contribution in [2.75, 3.05) is 5.32 Å². The first-order valence-corrected chi connectivity index (χ1v) is 8.00. The van der Waals surface area contributed by atoms with Crippen molar-refractivity contribution < 1.29 is 14.3 Å².